The number of benzene rings is 2. The molecular formula is C29H31Cl2F3N6O3. The minimum absolute atomic E-state index is 0.0133. The summed E-state index contributed by atoms with van der Waals surface area (Å²) >= 11 is 12.5. The predicted molar refractivity (Wildman–Crippen MR) is 155 cm³/mol. The van der Waals surface area contributed by atoms with Gasteiger partial charge in [-0.1, -0.05) is 28.3 Å². The first-order valence-corrected chi connectivity index (χ1v) is 14.8. The van der Waals surface area contributed by atoms with E-state index in [1.807, 2.05) is 6.92 Å². The molecule has 43 heavy (non-hydrogen) atoms. The van der Waals surface area contributed by atoms with Crippen LogP contribution in [0.5, 0.6) is 0 Å². The Bertz CT molecular complexity index is 1490. The van der Waals surface area contributed by atoms with Gasteiger partial charge in [-0.3, -0.25) is 9.59 Å². The van der Waals surface area contributed by atoms with E-state index < -0.39 is 23.8 Å². The van der Waals surface area contributed by atoms with Gasteiger partial charge in [-0.05, 0) is 97.7 Å². The van der Waals surface area contributed by atoms with E-state index in [1.165, 1.54) is 10.9 Å². The topological polar surface area (TPSA) is 104 Å². The number of aryl methyl sites for hydroxylation is 1. The van der Waals surface area contributed by atoms with E-state index in [0.29, 0.717) is 59.0 Å². The number of alkyl halides is 3. The van der Waals surface area contributed by atoms with Gasteiger partial charge in [-0.15, -0.1) is 5.10 Å². The molecule has 1 fully saturated rings. The summed E-state index contributed by atoms with van der Waals surface area (Å²) in [5.74, 6) is -1.14. The van der Waals surface area contributed by atoms with Crippen LogP contribution in [0.25, 0.3) is 0 Å². The van der Waals surface area contributed by atoms with Crippen LogP contribution in [-0.2, 0) is 29.4 Å². The van der Waals surface area contributed by atoms with Crippen molar-refractivity contribution >= 4 is 46.7 Å². The zero-order chi connectivity index (χ0) is 31.1. The molecule has 1 saturated carbocycles. The lowest BCUT2D eigenvalue weighted by Crippen LogP contribution is -2.49. The van der Waals surface area contributed by atoms with Crippen molar-refractivity contribution in [2.45, 2.75) is 70.3 Å². The molecule has 1 aromatic heterocycles. The molecule has 2 atom stereocenters. The minimum Gasteiger partial charge on any atom is -0.481 e. The van der Waals surface area contributed by atoms with Gasteiger partial charge in [0.05, 0.1) is 18.7 Å². The van der Waals surface area contributed by atoms with Crippen molar-refractivity contribution in [1.29, 1.82) is 0 Å². The Hall–Kier alpha value is -3.38. The van der Waals surface area contributed by atoms with Crippen LogP contribution < -0.4 is 9.80 Å². The Morgan fingerprint density at radius 2 is 1.74 bits per heavy atom. The molecule has 9 nitrogen and oxygen atoms in total. The van der Waals surface area contributed by atoms with Crippen molar-refractivity contribution in [3.05, 3.63) is 63.1 Å². The minimum atomic E-state index is -4.60. The summed E-state index contributed by atoms with van der Waals surface area (Å²) in [6, 6.07) is 7.46. The molecule has 0 saturated heterocycles. The molecule has 230 valence electrons. The van der Waals surface area contributed by atoms with E-state index in [9.17, 15) is 22.8 Å². The van der Waals surface area contributed by atoms with Gasteiger partial charge >= 0.3 is 12.1 Å². The fourth-order valence-corrected chi connectivity index (χ4v) is 6.88. The van der Waals surface area contributed by atoms with E-state index in [2.05, 4.69) is 15.4 Å². The largest absolute Gasteiger partial charge is 0.481 e. The third kappa shape index (κ3) is 6.90. The number of carbonyl (C=O) groups excluding carboxylic acids is 1. The third-order valence-corrected chi connectivity index (χ3v) is 8.72. The molecule has 1 amide bonds. The highest BCUT2D eigenvalue weighted by atomic mass is 35.5. The van der Waals surface area contributed by atoms with Crippen LogP contribution in [0.4, 0.5) is 24.8 Å². The summed E-state index contributed by atoms with van der Waals surface area (Å²) in [6.07, 6.45) is -1.95. The molecule has 5 rings (SSSR count). The van der Waals surface area contributed by atoms with Gasteiger partial charge < -0.3 is 14.9 Å². The number of rotatable bonds is 7. The molecule has 0 bridgehead atoms. The summed E-state index contributed by atoms with van der Waals surface area (Å²) in [5, 5.41) is 22.4. The summed E-state index contributed by atoms with van der Waals surface area (Å²) in [6.45, 7) is 2.04. The second-order valence-electron chi connectivity index (χ2n) is 11.4. The van der Waals surface area contributed by atoms with Crippen molar-refractivity contribution < 1.29 is 27.9 Å². The molecule has 2 aromatic carbocycles. The number of aromatic nitrogens is 4. The number of carboxylic acid groups (broad SMARTS) is 1. The Kier molecular flexibility index (Phi) is 8.89. The van der Waals surface area contributed by atoms with Crippen molar-refractivity contribution in [1.82, 2.24) is 20.2 Å². The number of aliphatic carboxylic acids is 1. The normalized spacial score (nSPS) is 22.3. The van der Waals surface area contributed by atoms with E-state index in [0.717, 1.165) is 12.1 Å². The van der Waals surface area contributed by atoms with E-state index in [1.54, 1.807) is 35.0 Å². The zero-order valence-electron chi connectivity index (χ0n) is 23.6. The molecular weight excluding hydrogens is 608 g/mol. The lowest BCUT2D eigenvalue weighted by atomic mass is 9.79. The average molecular weight is 640 g/mol. The van der Waals surface area contributed by atoms with Gasteiger partial charge in [0.15, 0.2) is 0 Å². The molecule has 1 aliphatic carbocycles. The predicted octanol–water partition coefficient (Wildman–Crippen LogP) is 6.69. The highest BCUT2D eigenvalue weighted by molar-refractivity contribution is 6.34. The monoisotopic (exact) mass is 638 g/mol. The number of carbonyl (C=O) groups is 2. The molecule has 0 radical (unpaired) electrons. The van der Waals surface area contributed by atoms with Gasteiger partial charge in [0.1, 0.15) is 0 Å². The van der Waals surface area contributed by atoms with Gasteiger partial charge in [0.25, 0.3) is 5.95 Å². The molecule has 2 heterocycles. The number of anilines is 2. The second kappa shape index (κ2) is 12.3. The molecule has 2 aliphatic rings. The maximum Gasteiger partial charge on any atom is 0.416 e. The van der Waals surface area contributed by atoms with Crippen LogP contribution in [0.1, 0.15) is 68.2 Å². The summed E-state index contributed by atoms with van der Waals surface area (Å²) in [5.41, 5.74) is 0.585. The van der Waals surface area contributed by atoms with E-state index in [4.69, 9.17) is 28.3 Å². The lowest BCUT2D eigenvalue weighted by molar-refractivity contribution is -0.139. The summed E-state index contributed by atoms with van der Waals surface area (Å²) in [7, 11) is 1.59. The zero-order valence-corrected chi connectivity index (χ0v) is 25.1. The maximum absolute atomic E-state index is 14.0. The van der Waals surface area contributed by atoms with Crippen LogP contribution >= 0.6 is 23.2 Å². The fourth-order valence-electron chi connectivity index (χ4n) is 6.31. The highest BCUT2D eigenvalue weighted by Crippen LogP contribution is 2.46. The molecule has 1 unspecified atom stereocenters. The lowest BCUT2D eigenvalue weighted by Gasteiger charge is -2.45. The van der Waals surface area contributed by atoms with Crippen molar-refractivity contribution in [2.24, 2.45) is 18.9 Å². The van der Waals surface area contributed by atoms with E-state index >= 15 is 0 Å². The molecule has 3 aromatic rings. The average Bonchev–Trinajstić information content (AvgIpc) is 3.35. The number of nitrogens with zero attached hydrogens (tertiary/aromatic N) is 6. The number of hydrogen-bond donors (Lipinski definition) is 1. The second-order valence-corrected chi connectivity index (χ2v) is 12.3. The van der Waals surface area contributed by atoms with Crippen LogP contribution in [0.2, 0.25) is 10.0 Å². The number of fused-ring (bicyclic) bond motifs is 1. The first-order valence-electron chi connectivity index (χ1n) is 14.0. The smallest absolute Gasteiger partial charge is 0.416 e. The van der Waals surface area contributed by atoms with Gasteiger partial charge in [0.2, 0.25) is 5.91 Å². The van der Waals surface area contributed by atoms with Crippen LogP contribution in [-0.4, -0.2) is 43.2 Å². The highest BCUT2D eigenvalue weighted by Gasteiger charge is 2.42. The Morgan fingerprint density at radius 1 is 1.07 bits per heavy atom. The Morgan fingerprint density at radius 3 is 2.33 bits per heavy atom. The quantitative estimate of drug-likeness (QED) is 0.307. The van der Waals surface area contributed by atoms with Gasteiger partial charge in [0, 0.05) is 40.7 Å². The number of amides is 1. The first-order chi connectivity index (χ1) is 20.3. The number of halogens is 5. The van der Waals surface area contributed by atoms with Crippen LogP contribution in [0.3, 0.4) is 0 Å². The number of carboxylic acids is 1. The van der Waals surface area contributed by atoms with Gasteiger partial charge in [-0.25, -0.2) is 0 Å². The van der Waals surface area contributed by atoms with Crippen molar-refractivity contribution in [2.75, 3.05) is 9.80 Å². The molecule has 0 spiro atoms. The summed E-state index contributed by atoms with van der Waals surface area (Å²) < 4.78 is 42.0. The number of hydrogen-bond acceptors (Lipinski definition) is 6. The van der Waals surface area contributed by atoms with Crippen LogP contribution in [0.15, 0.2) is 36.4 Å². The Balaban J connectivity index is 1.54. The number of tetrazole rings is 1. The van der Waals surface area contributed by atoms with Gasteiger partial charge in [-0.2, -0.15) is 18.0 Å². The fraction of sp³-hybridized carbons (Fsp3) is 0.483. The van der Waals surface area contributed by atoms with E-state index in [-0.39, 0.29) is 42.7 Å². The SMILES string of the molecule is C[C@@H]1CC(N(Cc2cc(Cl)cc(Cl)c2)c2nnn(C)n2)c2cc(C(F)(F)F)ccc2N1C(=O)C1CCC(CC(=O)O)CC1. The molecule has 14 heteroatoms. The van der Waals surface area contributed by atoms with Crippen LogP contribution in [0, 0.1) is 11.8 Å². The molecule has 1 N–H and O–H groups in total. The Labute approximate surface area is 256 Å². The molecule has 1 aliphatic heterocycles. The standard InChI is InChI=1S/C29H31Cl2F3N6O3/c1-16-9-25(39(28-35-37-38(2)36-28)15-18-10-21(30)14-22(31)11-18)23-13-20(29(32,33)34)7-8-24(23)40(16)27(43)19-5-3-17(4-6-19)12-26(41)42/h7-8,10-11,13-14,16-17,19,25H,3-6,9,12,15H2,1-2H3,(H,41,42)/t16-,17?,19?,25?/m1/s1. The third-order valence-electron chi connectivity index (χ3n) is 8.28. The summed E-state index contributed by atoms with van der Waals surface area (Å²) in [4.78, 5) is 29.8. The van der Waals surface area contributed by atoms with Crippen molar-refractivity contribution in [3.8, 4) is 0 Å². The maximum atomic E-state index is 14.0. The van der Waals surface area contributed by atoms with Crippen molar-refractivity contribution in [3.63, 3.8) is 0 Å². The first kappa shape index (κ1) is 31.1.